The Hall–Kier alpha value is -1.04. The van der Waals surface area contributed by atoms with Gasteiger partial charge in [-0.05, 0) is 59.1 Å². The summed E-state index contributed by atoms with van der Waals surface area (Å²) in [6, 6.07) is 7.74. The van der Waals surface area contributed by atoms with Crippen LogP contribution in [0.5, 0.6) is 5.75 Å². The van der Waals surface area contributed by atoms with Gasteiger partial charge in [-0.1, -0.05) is 12.1 Å². The van der Waals surface area contributed by atoms with Crippen LogP contribution >= 0.6 is 0 Å². The van der Waals surface area contributed by atoms with Crippen LogP contribution in [0.15, 0.2) is 24.3 Å². The van der Waals surface area contributed by atoms with E-state index < -0.39 is 0 Å². The van der Waals surface area contributed by atoms with Crippen LogP contribution in [-0.2, 0) is 14.0 Å². The van der Waals surface area contributed by atoms with E-state index in [1.165, 1.54) is 0 Å². The van der Waals surface area contributed by atoms with E-state index >= 15 is 0 Å². The van der Waals surface area contributed by atoms with Crippen LogP contribution in [0.25, 0.3) is 0 Å². The average molecular weight is 292 g/mol. The third-order valence-corrected chi connectivity index (χ3v) is 4.03. The summed E-state index contributed by atoms with van der Waals surface area (Å²) in [6.07, 6.45) is 0.161. The number of hydrogen-bond donors (Lipinski definition) is 0. The average Bonchev–Trinajstić information content (AvgIpc) is 2.59. The van der Waals surface area contributed by atoms with Crippen molar-refractivity contribution in [2.75, 3.05) is 6.79 Å². The molecule has 0 spiro atoms. The Morgan fingerprint density at radius 2 is 1.52 bits per heavy atom. The molecule has 1 aliphatic rings. The predicted octanol–water partition coefficient (Wildman–Crippen LogP) is 2.75. The summed E-state index contributed by atoms with van der Waals surface area (Å²) in [5.74, 6) is 0.774. The van der Waals surface area contributed by atoms with Gasteiger partial charge in [0.1, 0.15) is 5.75 Å². The molecule has 1 fully saturated rings. The first-order valence-electron chi connectivity index (χ1n) is 7.41. The largest absolute Gasteiger partial charge is 0.494 e. The molecule has 5 heteroatoms. The maximum atomic E-state index is 6.01. The minimum Gasteiger partial charge on any atom is -0.468 e. The van der Waals surface area contributed by atoms with Crippen LogP contribution in [0.4, 0.5) is 0 Å². The van der Waals surface area contributed by atoms with E-state index in [-0.39, 0.29) is 31.2 Å². The molecule has 0 N–H and O–H groups in total. The van der Waals surface area contributed by atoms with Crippen molar-refractivity contribution in [3.8, 4) is 5.75 Å². The molecule has 4 nitrogen and oxygen atoms in total. The van der Waals surface area contributed by atoms with Gasteiger partial charge in [0.25, 0.3) is 0 Å². The molecule has 21 heavy (non-hydrogen) atoms. The third kappa shape index (κ3) is 3.79. The van der Waals surface area contributed by atoms with Crippen LogP contribution in [0.3, 0.4) is 0 Å². The predicted molar refractivity (Wildman–Crippen MR) is 83.9 cm³/mol. The lowest BCUT2D eigenvalue weighted by molar-refractivity contribution is -0.0199. The normalized spacial score (nSPS) is 20.0. The summed E-state index contributed by atoms with van der Waals surface area (Å²) >= 11 is 0. The van der Waals surface area contributed by atoms with E-state index in [2.05, 4.69) is 0 Å². The quantitative estimate of drug-likeness (QED) is 0.617. The zero-order valence-corrected chi connectivity index (χ0v) is 13.8. The van der Waals surface area contributed by atoms with Crippen LogP contribution in [0, 0.1) is 0 Å². The molecule has 0 aromatic heterocycles. The Morgan fingerprint density at radius 1 is 1.00 bits per heavy atom. The van der Waals surface area contributed by atoms with Crippen LogP contribution in [0.1, 0.15) is 41.5 Å². The van der Waals surface area contributed by atoms with Crippen molar-refractivity contribution in [3.63, 3.8) is 0 Å². The SMILES string of the molecule is CC(C)OCOc1ccc(B2OC(C)(C)C(C)(C)O2)cc1. The van der Waals surface area contributed by atoms with Gasteiger partial charge < -0.3 is 18.8 Å². The van der Waals surface area contributed by atoms with Gasteiger partial charge in [0.05, 0.1) is 17.3 Å². The second-order valence-corrected chi connectivity index (χ2v) is 6.63. The highest BCUT2D eigenvalue weighted by Gasteiger charge is 2.51. The van der Waals surface area contributed by atoms with Gasteiger partial charge in [-0.15, -0.1) is 0 Å². The molecule has 0 saturated carbocycles. The van der Waals surface area contributed by atoms with Crippen molar-refractivity contribution in [2.45, 2.75) is 58.8 Å². The summed E-state index contributed by atoms with van der Waals surface area (Å²) in [5.41, 5.74) is 0.348. The van der Waals surface area contributed by atoms with E-state index in [0.717, 1.165) is 11.2 Å². The first-order valence-corrected chi connectivity index (χ1v) is 7.41. The van der Waals surface area contributed by atoms with Crippen molar-refractivity contribution >= 4 is 12.6 Å². The monoisotopic (exact) mass is 292 g/mol. The van der Waals surface area contributed by atoms with Gasteiger partial charge in [-0.25, -0.2) is 0 Å². The van der Waals surface area contributed by atoms with Crippen molar-refractivity contribution in [1.29, 1.82) is 0 Å². The van der Waals surface area contributed by atoms with E-state index in [1.807, 2.05) is 65.8 Å². The molecule has 116 valence electrons. The number of benzene rings is 1. The van der Waals surface area contributed by atoms with Gasteiger partial charge in [-0.3, -0.25) is 0 Å². The molecule has 0 atom stereocenters. The number of hydrogen-bond acceptors (Lipinski definition) is 4. The second kappa shape index (κ2) is 5.99. The van der Waals surface area contributed by atoms with Crippen molar-refractivity contribution in [3.05, 3.63) is 24.3 Å². The molecular weight excluding hydrogens is 267 g/mol. The van der Waals surface area contributed by atoms with Crippen LogP contribution in [-0.4, -0.2) is 31.2 Å². The highest BCUT2D eigenvalue weighted by Crippen LogP contribution is 2.36. The smallest absolute Gasteiger partial charge is 0.468 e. The lowest BCUT2D eigenvalue weighted by atomic mass is 9.79. The summed E-state index contributed by atoms with van der Waals surface area (Å²) in [5, 5.41) is 0. The van der Waals surface area contributed by atoms with Gasteiger partial charge in [-0.2, -0.15) is 0 Å². The molecule has 0 aliphatic carbocycles. The Kier molecular flexibility index (Phi) is 4.66. The summed E-state index contributed by atoms with van der Waals surface area (Å²) in [7, 11) is -0.337. The van der Waals surface area contributed by atoms with E-state index in [0.29, 0.717) is 0 Å². The Bertz CT molecular complexity index is 452. The molecular formula is C16H25BO4. The topological polar surface area (TPSA) is 36.9 Å². The fraction of sp³-hybridized carbons (Fsp3) is 0.625. The summed E-state index contributed by atoms with van der Waals surface area (Å²) < 4.78 is 22.9. The lowest BCUT2D eigenvalue weighted by Crippen LogP contribution is -2.41. The fourth-order valence-electron chi connectivity index (χ4n) is 1.94. The molecule has 1 aromatic carbocycles. The van der Waals surface area contributed by atoms with E-state index in [4.69, 9.17) is 18.8 Å². The van der Waals surface area contributed by atoms with Crippen molar-refractivity contribution in [1.82, 2.24) is 0 Å². The van der Waals surface area contributed by atoms with E-state index in [9.17, 15) is 0 Å². The molecule has 1 saturated heterocycles. The molecule has 0 amide bonds. The number of rotatable bonds is 5. The van der Waals surface area contributed by atoms with Crippen molar-refractivity contribution in [2.24, 2.45) is 0 Å². The van der Waals surface area contributed by atoms with E-state index in [1.54, 1.807) is 0 Å². The molecule has 1 aromatic rings. The maximum absolute atomic E-state index is 6.01. The Morgan fingerprint density at radius 3 is 2.00 bits per heavy atom. The van der Waals surface area contributed by atoms with Crippen molar-refractivity contribution < 1.29 is 18.8 Å². The Balaban J connectivity index is 1.97. The first kappa shape index (κ1) is 16.3. The zero-order valence-electron chi connectivity index (χ0n) is 13.8. The van der Waals surface area contributed by atoms with Gasteiger partial charge in [0, 0.05) is 0 Å². The molecule has 2 rings (SSSR count). The molecule has 0 radical (unpaired) electrons. The minimum absolute atomic E-state index is 0.161. The fourth-order valence-corrected chi connectivity index (χ4v) is 1.94. The maximum Gasteiger partial charge on any atom is 0.494 e. The standard InChI is InChI=1S/C16H25BO4/c1-12(2)18-11-19-14-9-7-13(8-10-14)17-20-15(3,4)16(5,6)21-17/h7-10,12H,11H2,1-6H3. The first-order chi connectivity index (χ1) is 9.71. The molecule has 1 aliphatic heterocycles. The van der Waals surface area contributed by atoms with Crippen LogP contribution < -0.4 is 10.2 Å². The third-order valence-electron chi connectivity index (χ3n) is 4.03. The molecule has 0 bridgehead atoms. The molecule has 1 heterocycles. The highest BCUT2D eigenvalue weighted by atomic mass is 16.7. The van der Waals surface area contributed by atoms with Crippen LogP contribution in [0.2, 0.25) is 0 Å². The Labute approximate surface area is 127 Å². The van der Waals surface area contributed by atoms with Gasteiger partial charge in [0.15, 0.2) is 6.79 Å². The highest BCUT2D eigenvalue weighted by molar-refractivity contribution is 6.62. The van der Waals surface area contributed by atoms with Gasteiger partial charge >= 0.3 is 7.12 Å². The zero-order chi connectivity index (χ0) is 15.7. The lowest BCUT2D eigenvalue weighted by Gasteiger charge is -2.32. The van der Waals surface area contributed by atoms with Gasteiger partial charge in [0.2, 0.25) is 0 Å². The summed E-state index contributed by atoms with van der Waals surface area (Å²) in [6.45, 7) is 12.4. The second-order valence-electron chi connectivity index (χ2n) is 6.63. The molecule has 0 unspecified atom stereocenters. The minimum atomic E-state index is -0.337. The summed E-state index contributed by atoms with van der Waals surface area (Å²) in [4.78, 5) is 0. The number of ether oxygens (including phenoxy) is 2.